The monoisotopic (exact) mass is 1080 g/mol. The largest absolute Gasteiger partial charge is 0 e. The van der Waals surface area contributed by atoms with Gasteiger partial charge in [-0.2, -0.15) is 5.26 Å². The molecular formula is C56H53FGeIrN4O-2. The van der Waals surface area contributed by atoms with Gasteiger partial charge in [-0.25, -0.2) is 4.39 Å². The average molecular weight is 1080 g/mol. The zero-order valence-corrected chi connectivity index (χ0v) is 42.7. The number of benzene rings is 6. The Morgan fingerprint density at radius 3 is 2.05 bits per heavy atom. The van der Waals surface area contributed by atoms with Crippen molar-refractivity contribution in [1.29, 1.82) is 5.26 Å². The minimum Gasteiger partial charge on any atom is 0 e. The van der Waals surface area contributed by atoms with E-state index < -0.39 is 19.1 Å². The molecule has 3 heterocycles. The fraction of sp³-hybridized carbons (Fsp3) is 0.232. The van der Waals surface area contributed by atoms with E-state index in [1.165, 1.54) is 44.3 Å². The van der Waals surface area contributed by atoms with E-state index >= 15 is 0 Å². The van der Waals surface area contributed by atoms with E-state index in [-0.39, 0.29) is 42.9 Å². The van der Waals surface area contributed by atoms with Gasteiger partial charge in [0.15, 0.2) is 0 Å². The van der Waals surface area contributed by atoms with Crippen LogP contribution in [0.4, 0.5) is 4.39 Å². The molecule has 3 aromatic heterocycles. The molecule has 9 aromatic rings. The van der Waals surface area contributed by atoms with Gasteiger partial charge in [-0.15, -0.1) is 48.0 Å². The van der Waals surface area contributed by atoms with Crippen molar-refractivity contribution in [3.63, 3.8) is 0 Å². The molecule has 8 heteroatoms. The molecule has 64 heavy (non-hydrogen) atoms. The predicted molar refractivity (Wildman–Crippen MR) is 261 cm³/mol. The van der Waals surface area contributed by atoms with Crippen LogP contribution in [0.2, 0.25) is 17.3 Å². The number of aromatic nitrogens is 3. The number of rotatable bonds is 7. The second-order valence-corrected chi connectivity index (χ2v) is 29.6. The molecule has 0 aliphatic heterocycles. The van der Waals surface area contributed by atoms with Gasteiger partial charge in [0, 0.05) is 37.8 Å². The molecule has 0 bridgehead atoms. The molecule has 0 spiro atoms. The van der Waals surface area contributed by atoms with Crippen LogP contribution in [-0.4, -0.2) is 27.8 Å². The summed E-state index contributed by atoms with van der Waals surface area (Å²) in [6.07, 6.45) is 1.95. The van der Waals surface area contributed by atoms with Crippen molar-refractivity contribution in [2.24, 2.45) is 0 Å². The summed E-state index contributed by atoms with van der Waals surface area (Å²) in [5, 5.41) is 10.8. The van der Waals surface area contributed by atoms with E-state index in [1.54, 1.807) is 0 Å². The summed E-state index contributed by atoms with van der Waals surface area (Å²) in [6.45, 7) is 15.6. The number of furan rings is 1. The summed E-state index contributed by atoms with van der Waals surface area (Å²) in [7, 11) is 0. The third kappa shape index (κ3) is 9.15. The summed E-state index contributed by atoms with van der Waals surface area (Å²) in [4.78, 5) is 9.68. The quantitative estimate of drug-likeness (QED) is 0.118. The van der Waals surface area contributed by atoms with Crippen LogP contribution in [0, 0.1) is 29.3 Å². The Morgan fingerprint density at radius 2 is 1.45 bits per heavy atom. The summed E-state index contributed by atoms with van der Waals surface area (Å²) in [5.41, 5.74) is 12.9. The minimum absolute atomic E-state index is 0. The molecule has 0 aliphatic carbocycles. The van der Waals surface area contributed by atoms with Gasteiger partial charge in [0.25, 0.3) is 0 Å². The third-order valence-electron chi connectivity index (χ3n) is 11.8. The first-order valence-electron chi connectivity index (χ1n) is 21.7. The van der Waals surface area contributed by atoms with Crippen molar-refractivity contribution in [2.45, 2.75) is 83.0 Å². The molecule has 0 fully saturated rings. The fourth-order valence-corrected chi connectivity index (χ4v) is 10.6. The number of para-hydroxylation sites is 2. The molecule has 0 saturated heterocycles. The number of pyridine rings is 1. The predicted octanol–water partition coefficient (Wildman–Crippen LogP) is 14.7. The van der Waals surface area contributed by atoms with Gasteiger partial charge in [-0.1, -0.05) is 44.4 Å². The van der Waals surface area contributed by atoms with Crippen LogP contribution in [0.15, 0.2) is 132 Å². The zero-order valence-electron chi connectivity index (χ0n) is 38.2. The van der Waals surface area contributed by atoms with Gasteiger partial charge in [0.2, 0.25) is 0 Å². The van der Waals surface area contributed by atoms with Crippen LogP contribution in [-0.2, 0) is 25.5 Å². The van der Waals surface area contributed by atoms with Crippen molar-refractivity contribution in [3.8, 4) is 45.5 Å². The van der Waals surface area contributed by atoms with Crippen LogP contribution in [0.3, 0.4) is 0 Å². The first-order valence-corrected chi connectivity index (χ1v) is 29.0. The average Bonchev–Trinajstić information content (AvgIpc) is 3.83. The summed E-state index contributed by atoms with van der Waals surface area (Å²) in [5.74, 6) is 7.86. The molecule has 9 rings (SSSR count). The molecule has 1 radical (unpaired) electrons. The Morgan fingerprint density at radius 1 is 0.766 bits per heavy atom. The third-order valence-corrected chi connectivity index (χ3v) is 16.1. The molecule has 6 aromatic carbocycles. The SMILES string of the molecule is CC(C)(C)c1ccc(-c2[c-]cccc2)nc1.CC(C)c1cc(-c2cc[c]([Ge]([CH3])([CH3])[CH3])cc2)cc(C(C)C)c1-n1c(-c2[c-]ccc3c2oc2cc(C#N)c(F)cc23)nc2ccccc21.[Ir]. The van der Waals surface area contributed by atoms with Crippen molar-refractivity contribution in [1.82, 2.24) is 14.5 Å². The molecule has 325 valence electrons. The molecule has 0 atom stereocenters. The fourth-order valence-electron chi connectivity index (χ4n) is 8.13. The summed E-state index contributed by atoms with van der Waals surface area (Å²) < 4.78 is 24.9. The molecule has 0 unspecified atom stereocenters. The number of hydrogen-bond donors (Lipinski definition) is 0. The molecule has 0 saturated carbocycles. The molecular weight excluding hydrogens is 1030 g/mol. The van der Waals surface area contributed by atoms with Crippen LogP contribution < -0.4 is 4.40 Å². The first kappa shape index (κ1) is 46.3. The Bertz CT molecular complexity index is 3120. The number of nitrogens with zero attached hydrogens (tertiary/aromatic N) is 4. The summed E-state index contributed by atoms with van der Waals surface area (Å²) >= 11 is -1.94. The Balaban J connectivity index is 0.000000304. The van der Waals surface area contributed by atoms with Crippen LogP contribution in [0.5, 0.6) is 0 Å². The summed E-state index contributed by atoms with van der Waals surface area (Å²) in [6, 6.07) is 49.3. The van der Waals surface area contributed by atoms with E-state index in [4.69, 9.17) is 9.40 Å². The van der Waals surface area contributed by atoms with Crippen molar-refractivity contribution in [3.05, 3.63) is 168 Å². The van der Waals surface area contributed by atoms with E-state index in [1.807, 2.05) is 66.9 Å². The maximum atomic E-state index is 14.8. The van der Waals surface area contributed by atoms with Gasteiger partial charge in [0.05, 0.1) is 5.56 Å². The maximum Gasteiger partial charge on any atom is 0 e. The van der Waals surface area contributed by atoms with Gasteiger partial charge in [-0.05, 0) is 22.7 Å². The first-order chi connectivity index (χ1) is 30.0. The van der Waals surface area contributed by atoms with E-state index in [9.17, 15) is 9.65 Å². The van der Waals surface area contributed by atoms with Crippen molar-refractivity contribution in [2.75, 3.05) is 0 Å². The van der Waals surface area contributed by atoms with Gasteiger partial charge < -0.3 is 9.40 Å². The maximum absolute atomic E-state index is 14.8. The van der Waals surface area contributed by atoms with Gasteiger partial charge in [-0.3, -0.25) is 0 Å². The number of hydrogen-bond acceptors (Lipinski definition) is 4. The second-order valence-electron chi connectivity index (χ2n) is 19.0. The smallest absolute Gasteiger partial charge is 0 e. The molecule has 5 nitrogen and oxygen atoms in total. The molecule has 0 N–H and O–H groups in total. The van der Waals surface area contributed by atoms with Gasteiger partial charge in [0.1, 0.15) is 17.5 Å². The van der Waals surface area contributed by atoms with E-state index in [0.717, 1.165) is 33.4 Å². The number of imidazole rings is 1. The standard InChI is InChI=1S/C41H37FGeN3O.C15H16N.Ir/c1-24(2)32-19-27(26-15-17-29(18-16-26)43(5,6)7)20-33(25(3)4)39(32)46-37-14-9-8-13-36(37)45-41(46)31-12-10-11-30-34-22-35(42)28(23-44)21-38(34)47-40(30)31;1-15(2,3)13-9-10-14(16-11-13)12-7-5-4-6-8-12;/h8-11,13-22,24-25H,1-7H3;4-7,9-11H,1-3H3;/q2*-1;. The van der Waals surface area contributed by atoms with Crippen LogP contribution >= 0.6 is 0 Å². The Labute approximate surface area is 393 Å². The van der Waals surface area contributed by atoms with E-state index in [2.05, 4.69) is 142 Å². The molecule has 0 aliphatic rings. The van der Waals surface area contributed by atoms with Crippen molar-refractivity contribution >= 4 is 50.6 Å². The topological polar surface area (TPSA) is 67.6 Å². The normalized spacial score (nSPS) is 11.8. The van der Waals surface area contributed by atoms with Gasteiger partial charge >= 0.3 is 201 Å². The molecule has 0 amide bonds. The second kappa shape index (κ2) is 18.5. The van der Waals surface area contributed by atoms with Crippen LogP contribution in [0.1, 0.15) is 82.6 Å². The number of nitriles is 1. The van der Waals surface area contributed by atoms with E-state index in [0.29, 0.717) is 27.9 Å². The van der Waals surface area contributed by atoms with Crippen LogP contribution in [0.25, 0.3) is 72.4 Å². The van der Waals surface area contributed by atoms with Crippen molar-refractivity contribution < 1.29 is 28.9 Å². The number of fused-ring (bicyclic) bond motifs is 4. The Hall–Kier alpha value is -5.65. The number of halogens is 1. The Kier molecular flexibility index (Phi) is 13.4. The minimum atomic E-state index is -1.94. The zero-order chi connectivity index (χ0) is 44.8.